The summed E-state index contributed by atoms with van der Waals surface area (Å²) in [5.74, 6) is 0.0269. The van der Waals surface area contributed by atoms with E-state index in [2.05, 4.69) is 5.32 Å². The summed E-state index contributed by atoms with van der Waals surface area (Å²) < 4.78 is 0. The molecule has 0 radical (unpaired) electrons. The quantitative estimate of drug-likeness (QED) is 0.623. The van der Waals surface area contributed by atoms with Crippen LogP contribution in [-0.4, -0.2) is 29.2 Å². The number of aliphatic hydroxyl groups is 1. The Morgan fingerprint density at radius 1 is 1.53 bits per heavy atom. The molecule has 0 aromatic rings. The fourth-order valence-electron chi connectivity index (χ4n) is 2.33. The van der Waals surface area contributed by atoms with Gasteiger partial charge >= 0.3 is 0 Å². The van der Waals surface area contributed by atoms with Gasteiger partial charge in [0.05, 0.1) is 17.6 Å². The molecule has 2 fully saturated rings. The Morgan fingerprint density at radius 2 is 2.20 bits per heavy atom. The van der Waals surface area contributed by atoms with Gasteiger partial charge < -0.3 is 16.2 Å². The predicted molar refractivity (Wildman–Crippen MR) is 57.1 cm³/mol. The summed E-state index contributed by atoms with van der Waals surface area (Å²) in [5, 5.41) is 12.1. The zero-order chi connectivity index (χ0) is 11.1. The van der Waals surface area contributed by atoms with Gasteiger partial charge in [0.2, 0.25) is 5.91 Å². The molecule has 4 nitrogen and oxygen atoms in total. The maximum absolute atomic E-state index is 12.1. The summed E-state index contributed by atoms with van der Waals surface area (Å²) in [4.78, 5) is 12.1. The van der Waals surface area contributed by atoms with Crippen LogP contribution in [-0.2, 0) is 4.79 Å². The first kappa shape index (κ1) is 10.9. The fraction of sp³-hybridized carbons (Fsp3) is 0.909. The lowest BCUT2D eigenvalue weighted by molar-refractivity contribution is -0.131. The largest absolute Gasteiger partial charge is 0.394 e. The monoisotopic (exact) mass is 212 g/mol. The highest BCUT2D eigenvalue weighted by Crippen LogP contribution is 2.40. The van der Waals surface area contributed by atoms with Crippen LogP contribution in [0.4, 0.5) is 0 Å². The summed E-state index contributed by atoms with van der Waals surface area (Å²) in [6.07, 6.45) is 4.59. The number of hydrogen-bond donors (Lipinski definition) is 3. The van der Waals surface area contributed by atoms with Gasteiger partial charge in [-0.15, -0.1) is 0 Å². The third-order valence-corrected chi connectivity index (χ3v) is 4.08. The van der Waals surface area contributed by atoms with E-state index in [4.69, 9.17) is 10.8 Å². The van der Waals surface area contributed by atoms with E-state index in [1.54, 1.807) is 0 Å². The van der Waals surface area contributed by atoms with Gasteiger partial charge in [-0.05, 0) is 32.6 Å². The zero-order valence-electron chi connectivity index (χ0n) is 9.25. The average molecular weight is 212 g/mol. The third-order valence-electron chi connectivity index (χ3n) is 4.08. The lowest BCUT2D eigenvalue weighted by atomic mass is 9.84. The van der Waals surface area contributed by atoms with Crippen molar-refractivity contribution in [2.45, 2.75) is 50.6 Å². The van der Waals surface area contributed by atoms with E-state index in [0.717, 1.165) is 32.1 Å². The van der Waals surface area contributed by atoms with E-state index in [1.165, 1.54) is 0 Å². The van der Waals surface area contributed by atoms with Crippen LogP contribution in [0.15, 0.2) is 0 Å². The highest BCUT2D eigenvalue weighted by Gasteiger charge is 2.49. The van der Waals surface area contributed by atoms with Crippen LogP contribution in [0.5, 0.6) is 0 Å². The molecule has 2 rings (SSSR count). The molecule has 0 bridgehead atoms. The Hall–Kier alpha value is -0.610. The van der Waals surface area contributed by atoms with E-state index in [0.29, 0.717) is 0 Å². The molecule has 1 amide bonds. The maximum atomic E-state index is 12.1. The second-order valence-electron chi connectivity index (χ2n) is 5.31. The molecule has 2 aliphatic rings. The van der Waals surface area contributed by atoms with Crippen LogP contribution in [0, 0.1) is 5.41 Å². The molecule has 0 saturated heterocycles. The Morgan fingerprint density at radius 3 is 2.60 bits per heavy atom. The molecule has 4 N–H and O–H groups in total. The molecule has 0 aliphatic heterocycles. The minimum Gasteiger partial charge on any atom is -0.394 e. The Bertz CT molecular complexity index is 276. The van der Waals surface area contributed by atoms with E-state index >= 15 is 0 Å². The summed E-state index contributed by atoms with van der Waals surface area (Å²) >= 11 is 0. The third kappa shape index (κ3) is 1.76. The zero-order valence-corrected chi connectivity index (χ0v) is 9.25. The normalized spacial score (nSPS) is 37.7. The first-order valence-corrected chi connectivity index (χ1v) is 5.71. The first-order valence-electron chi connectivity index (χ1n) is 5.71. The minimum atomic E-state index is -0.426. The van der Waals surface area contributed by atoms with Crippen molar-refractivity contribution in [2.24, 2.45) is 11.1 Å². The average Bonchev–Trinajstić information content (AvgIpc) is 2.90. The van der Waals surface area contributed by atoms with Crippen molar-refractivity contribution in [3.05, 3.63) is 0 Å². The predicted octanol–water partition coefficient (Wildman–Crippen LogP) is 0.145. The molecule has 4 heteroatoms. The molecule has 2 saturated carbocycles. The van der Waals surface area contributed by atoms with Gasteiger partial charge in [0, 0.05) is 6.04 Å². The van der Waals surface area contributed by atoms with Crippen LogP contribution >= 0.6 is 0 Å². The number of carbonyl (C=O) groups is 1. The maximum Gasteiger partial charge on any atom is 0.228 e. The fourth-order valence-corrected chi connectivity index (χ4v) is 2.33. The molecular formula is C11H20N2O2. The van der Waals surface area contributed by atoms with Gasteiger partial charge in [0.25, 0.3) is 0 Å². The Balaban J connectivity index is 2.01. The summed E-state index contributed by atoms with van der Waals surface area (Å²) in [5.41, 5.74) is 5.23. The van der Waals surface area contributed by atoms with E-state index in [1.807, 2.05) is 6.92 Å². The van der Waals surface area contributed by atoms with E-state index < -0.39 is 5.41 Å². The molecule has 0 aromatic heterocycles. The highest BCUT2D eigenvalue weighted by atomic mass is 16.3. The van der Waals surface area contributed by atoms with Gasteiger partial charge in [-0.3, -0.25) is 4.79 Å². The molecule has 86 valence electrons. The standard InChI is InChI=1S/C11H20N2O2/c1-10(4-2-3-8(10)12)9(15)13-11(7-14)5-6-11/h8,14H,2-7,12H2,1H3,(H,13,15). The Kier molecular flexibility index (Phi) is 2.51. The van der Waals surface area contributed by atoms with E-state index in [-0.39, 0.29) is 24.1 Å². The highest BCUT2D eigenvalue weighted by molar-refractivity contribution is 5.84. The number of aliphatic hydroxyl groups excluding tert-OH is 1. The lowest BCUT2D eigenvalue weighted by Gasteiger charge is -2.29. The molecular weight excluding hydrogens is 192 g/mol. The summed E-state index contributed by atoms with van der Waals surface area (Å²) in [6.45, 7) is 1.98. The second kappa shape index (κ2) is 3.46. The van der Waals surface area contributed by atoms with Gasteiger partial charge in [0.15, 0.2) is 0 Å². The van der Waals surface area contributed by atoms with Crippen LogP contribution in [0.2, 0.25) is 0 Å². The van der Waals surface area contributed by atoms with Crippen molar-refractivity contribution >= 4 is 5.91 Å². The number of rotatable bonds is 3. The number of nitrogens with two attached hydrogens (primary N) is 1. The van der Waals surface area contributed by atoms with Crippen LogP contribution in [0.3, 0.4) is 0 Å². The van der Waals surface area contributed by atoms with Crippen LogP contribution in [0.25, 0.3) is 0 Å². The number of carbonyl (C=O) groups excluding carboxylic acids is 1. The van der Waals surface area contributed by atoms with Crippen molar-refractivity contribution < 1.29 is 9.90 Å². The topological polar surface area (TPSA) is 75.3 Å². The molecule has 2 atom stereocenters. The van der Waals surface area contributed by atoms with Gasteiger partial charge in [-0.2, -0.15) is 0 Å². The molecule has 2 aliphatic carbocycles. The summed E-state index contributed by atoms with van der Waals surface area (Å²) in [7, 11) is 0. The SMILES string of the molecule is CC1(C(=O)NC2(CO)CC2)CCCC1N. The van der Waals surface area contributed by atoms with Gasteiger partial charge in [-0.25, -0.2) is 0 Å². The van der Waals surface area contributed by atoms with Crippen LogP contribution < -0.4 is 11.1 Å². The van der Waals surface area contributed by atoms with Crippen molar-refractivity contribution in [1.82, 2.24) is 5.32 Å². The number of amides is 1. The van der Waals surface area contributed by atoms with Crippen LogP contribution in [0.1, 0.15) is 39.0 Å². The number of hydrogen-bond acceptors (Lipinski definition) is 3. The first-order chi connectivity index (χ1) is 7.02. The Labute approximate surface area is 90.2 Å². The lowest BCUT2D eigenvalue weighted by Crippen LogP contribution is -2.52. The second-order valence-corrected chi connectivity index (χ2v) is 5.31. The van der Waals surface area contributed by atoms with Crippen molar-refractivity contribution in [2.75, 3.05) is 6.61 Å². The van der Waals surface area contributed by atoms with Gasteiger partial charge in [0.1, 0.15) is 0 Å². The van der Waals surface area contributed by atoms with E-state index in [9.17, 15) is 4.79 Å². The molecule has 0 heterocycles. The van der Waals surface area contributed by atoms with Crippen molar-refractivity contribution in [3.8, 4) is 0 Å². The smallest absolute Gasteiger partial charge is 0.228 e. The molecule has 0 spiro atoms. The molecule has 0 aromatic carbocycles. The molecule has 15 heavy (non-hydrogen) atoms. The molecule has 2 unspecified atom stereocenters. The minimum absolute atomic E-state index is 0.0269. The summed E-state index contributed by atoms with van der Waals surface area (Å²) in [6, 6.07) is -0.0352. The van der Waals surface area contributed by atoms with Gasteiger partial charge in [-0.1, -0.05) is 6.42 Å². The van der Waals surface area contributed by atoms with Crippen molar-refractivity contribution in [1.29, 1.82) is 0 Å². The van der Waals surface area contributed by atoms with Crippen molar-refractivity contribution in [3.63, 3.8) is 0 Å². The number of nitrogens with one attached hydrogen (secondary N) is 1.